The van der Waals surface area contributed by atoms with E-state index in [1.807, 2.05) is 37.4 Å². The second-order valence-corrected chi connectivity index (χ2v) is 6.22. The number of nitrogens with two attached hydrogens (primary N) is 2. The number of rotatable bonds is 3. The summed E-state index contributed by atoms with van der Waals surface area (Å²) >= 11 is 0. The maximum absolute atomic E-state index is 6.12. The fourth-order valence-corrected chi connectivity index (χ4v) is 2.62. The zero-order valence-electron chi connectivity index (χ0n) is 7.25. The SMILES string of the molecule is CN[Si](N)(CN)c1ccccc1. The van der Waals surface area contributed by atoms with E-state index in [2.05, 4.69) is 4.98 Å². The van der Waals surface area contributed by atoms with Gasteiger partial charge >= 0.3 is 0 Å². The molecule has 12 heavy (non-hydrogen) atoms. The summed E-state index contributed by atoms with van der Waals surface area (Å²) in [5.41, 5.74) is 5.62. The van der Waals surface area contributed by atoms with Crippen molar-refractivity contribution in [3.8, 4) is 0 Å². The van der Waals surface area contributed by atoms with Crippen molar-refractivity contribution in [2.45, 2.75) is 0 Å². The maximum Gasteiger partial charge on any atom is 0.245 e. The van der Waals surface area contributed by atoms with Gasteiger partial charge in [-0.3, -0.25) is 0 Å². The van der Waals surface area contributed by atoms with Crippen LogP contribution >= 0.6 is 0 Å². The lowest BCUT2D eigenvalue weighted by Gasteiger charge is -2.23. The molecule has 1 unspecified atom stereocenters. The van der Waals surface area contributed by atoms with E-state index in [1.165, 1.54) is 0 Å². The minimum Gasteiger partial charge on any atom is -0.335 e. The van der Waals surface area contributed by atoms with Gasteiger partial charge in [0, 0.05) is 6.17 Å². The number of hydrogen-bond donors (Lipinski definition) is 3. The van der Waals surface area contributed by atoms with Gasteiger partial charge in [0.2, 0.25) is 8.40 Å². The zero-order chi connectivity index (χ0) is 9.03. The van der Waals surface area contributed by atoms with Crippen molar-refractivity contribution >= 4 is 13.6 Å². The molecule has 0 spiro atoms. The molecule has 0 saturated heterocycles. The second kappa shape index (κ2) is 3.82. The molecule has 5 N–H and O–H groups in total. The van der Waals surface area contributed by atoms with Gasteiger partial charge in [-0.25, -0.2) is 0 Å². The molecule has 4 heteroatoms. The van der Waals surface area contributed by atoms with Crippen LogP contribution < -0.4 is 21.3 Å². The standard InChI is InChI=1S/C8H15N3Si/c1-11-12(10,7-9)8-5-3-2-4-6-8/h2-6,11H,7,9-10H2,1H3. The Labute approximate surface area is 73.9 Å². The van der Waals surface area contributed by atoms with Crippen LogP contribution in [0, 0.1) is 0 Å². The van der Waals surface area contributed by atoms with Crippen molar-refractivity contribution in [1.29, 1.82) is 0 Å². The Bertz CT molecular complexity index is 233. The molecule has 1 atom stereocenters. The highest BCUT2D eigenvalue weighted by atomic mass is 28.3. The largest absolute Gasteiger partial charge is 0.335 e. The smallest absolute Gasteiger partial charge is 0.245 e. The van der Waals surface area contributed by atoms with Gasteiger partial charge in [0.05, 0.1) is 0 Å². The first-order valence-corrected chi connectivity index (χ1v) is 6.25. The first-order valence-electron chi connectivity index (χ1n) is 3.96. The average Bonchev–Trinajstić information content (AvgIpc) is 2.18. The molecule has 0 aliphatic heterocycles. The highest BCUT2D eigenvalue weighted by molar-refractivity contribution is 6.87. The Morgan fingerprint density at radius 2 is 1.92 bits per heavy atom. The zero-order valence-corrected chi connectivity index (χ0v) is 8.25. The van der Waals surface area contributed by atoms with E-state index < -0.39 is 8.40 Å². The number of benzene rings is 1. The number of nitrogens with one attached hydrogen (secondary N) is 1. The molecule has 0 heterocycles. The van der Waals surface area contributed by atoms with Gasteiger partial charge in [0.1, 0.15) is 0 Å². The van der Waals surface area contributed by atoms with Gasteiger partial charge in [-0.2, -0.15) is 0 Å². The highest BCUT2D eigenvalue weighted by Crippen LogP contribution is 1.89. The minimum absolute atomic E-state index is 0.521. The molecule has 1 aromatic rings. The minimum atomic E-state index is -2.05. The van der Waals surface area contributed by atoms with Gasteiger partial charge in [0.25, 0.3) is 0 Å². The van der Waals surface area contributed by atoms with Crippen LogP contribution in [0.5, 0.6) is 0 Å². The molecule has 0 radical (unpaired) electrons. The van der Waals surface area contributed by atoms with Crippen LogP contribution in [0.15, 0.2) is 30.3 Å². The molecule has 0 amide bonds. The molecule has 0 bridgehead atoms. The molecule has 0 aliphatic rings. The Balaban J connectivity index is 2.95. The maximum atomic E-state index is 6.12. The van der Waals surface area contributed by atoms with Crippen molar-refractivity contribution < 1.29 is 0 Å². The monoisotopic (exact) mass is 181 g/mol. The van der Waals surface area contributed by atoms with E-state index in [0.717, 1.165) is 5.19 Å². The van der Waals surface area contributed by atoms with Crippen LogP contribution in [0.2, 0.25) is 0 Å². The number of hydrogen-bond acceptors (Lipinski definition) is 3. The van der Waals surface area contributed by atoms with Crippen molar-refractivity contribution in [2.75, 3.05) is 13.2 Å². The average molecular weight is 181 g/mol. The summed E-state index contributed by atoms with van der Waals surface area (Å²) < 4.78 is 0. The molecule has 1 rings (SSSR count). The van der Waals surface area contributed by atoms with Crippen LogP contribution in [0.25, 0.3) is 0 Å². The topological polar surface area (TPSA) is 64.1 Å². The van der Waals surface area contributed by atoms with Crippen LogP contribution in [0.1, 0.15) is 0 Å². The molecular weight excluding hydrogens is 166 g/mol. The lowest BCUT2D eigenvalue weighted by molar-refractivity contribution is 1.10. The fraction of sp³-hybridized carbons (Fsp3) is 0.250. The first-order chi connectivity index (χ1) is 5.73. The van der Waals surface area contributed by atoms with Crippen molar-refractivity contribution in [1.82, 2.24) is 4.98 Å². The fourth-order valence-electron chi connectivity index (χ4n) is 1.10. The predicted octanol–water partition coefficient (Wildman–Crippen LogP) is -0.988. The Kier molecular flexibility index (Phi) is 2.99. The molecule has 0 saturated carbocycles. The first kappa shape index (κ1) is 9.41. The van der Waals surface area contributed by atoms with E-state index >= 15 is 0 Å². The predicted molar refractivity (Wildman–Crippen MR) is 54.1 cm³/mol. The summed E-state index contributed by atoms with van der Waals surface area (Å²) in [4.78, 5) is 3.14. The Hall–Kier alpha value is -0.683. The summed E-state index contributed by atoms with van der Waals surface area (Å²) in [6, 6.07) is 9.99. The Morgan fingerprint density at radius 1 is 1.33 bits per heavy atom. The molecule has 0 fully saturated rings. The highest BCUT2D eigenvalue weighted by Gasteiger charge is 2.26. The molecular formula is C8H15N3Si. The molecule has 1 aromatic carbocycles. The third-order valence-corrected chi connectivity index (χ3v) is 4.96. The lowest BCUT2D eigenvalue weighted by Crippen LogP contribution is -2.71. The summed E-state index contributed by atoms with van der Waals surface area (Å²) in [6.07, 6.45) is 0.521. The van der Waals surface area contributed by atoms with Crippen LogP contribution in [-0.2, 0) is 0 Å². The van der Waals surface area contributed by atoms with Gasteiger partial charge < -0.3 is 16.1 Å². The lowest BCUT2D eigenvalue weighted by atomic mass is 10.4. The third-order valence-electron chi connectivity index (χ3n) is 2.06. The summed E-state index contributed by atoms with van der Waals surface area (Å²) in [7, 11) is -0.179. The van der Waals surface area contributed by atoms with Crippen LogP contribution in [0.4, 0.5) is 0 Å². The van der Waals surface area contributed by atoms with Crippen LogP contribution in [-0.4, -0.2) is 21.6 Å². The van der Waals surface area contributed by atoms with Gasteiger partial charge in [-0.1, -0.05) is 30.3 Å². The Morgan fingerprint density at radius 3 is 2.33 bits per heavy atom. The van der Waals surface area contributed by atoms with Gasteiger partial charge in [0.15, 0.2) is 0 Å². The van der Waals surface area contributed by atoms with Crippen LogP contribution in [0.3, 0.4) is 0 Å². The quantitative estimate of drug-likeness (QED) is 0.525. The second-order valence-electron chi connectivity index (χ2n) is 2.79. The van der Waals surface area contributed by atoms with Gasteiger partial charge in [-0.15, -0.1) is 0 Å². The summed E-state index contributed by atoms with van der Waals surface area (Å²) in [6.45, 7) is 0. The molecule has 0 aromatic heterocycles. The van der Waals surface area contributed by atoms with E-state index in [1.54, 1.807) is 0 Å². The molecule has 66 valence electrons. The van der Waals surface area contributed by atoms with E-state index in [4.69, 9.17) is 11.1 Å². The molecule has 0 aliphatic carbocycles. The third kappa shape index (κ3) is 1.73. The van der Waals surface area contributed by atoms with E-state index in [9.17, 15) is 0 Å². The summed E-state index contributed by atoms with van der Waals surface area (Å²) in [5.74, 6) is 0. The van der Waals surface area contributed by atoms with Gasteiger partial charge in [-0.05, 0) is 12.2 Å². The van der Waals surface area contributed by atoms with Crippen molar-refractivity contribution in [3.05, 3.63) is 30.3 Å². The van der Waals surface area contributed by atoms with E-state index in [0.29, 0.717) is 6.17 Å². The molecule has 3 nitrogen and oxygen atoms in total. The van der Waals surface area contributed by atoms with Crippen molar-refractivity contribution in [2.24, 2.45) is 11.1 Å². The normalized spacial score (nSPS) is 15.6. The van der Waals surface area contributed by atoms with E-state index in [-0.39, 0.29) is 0 Å². The summed E-state index contributed by atoms with van der Waals surface area (Å²) in [5, 5.41) is 7.27. The van der Waals surface area contributed by atoms with Crippen molar-refractivity contribution in [3.63, 3.8) is 0 Å².